The maximum Gasteiger partial charge on any atom is 0.227 e. The molecule has 2 amide bonds. The van der Waals surface area contributed by atoms with Crippen molar-refractivity contribution < 1.29 is 22.8 Å². The van der Waals surface area contributed by atoms with Gasteiger partial charge in [0.15, 0.2) is 0 Å². The van der Waals surface area contributed by atoms with Crippen LogP contribution in [0.15, 0.2) is 36.4 Å². The SMILES string of the molecule is CC(=O)N[C@H](C)c1cc(F)ccc1C1CCN(C(=O)C2CN(C(C)(C)C)C[C@H]2c2ccc(F)cc2F)CC1. The van der Waals surface area contributed by atoms with Crippen LogP contribution in [0.2, 0.25) is 0 Å². The Labute approximate surface area is 223 Å². The molecule has 0 saturated carbocycles. The van der Waals surface area contributed by atoms with Crippen molar-refractivity contribution in [2.24, 2.45) is 5.92 Å². The number of nitrogens with one attached hydrogen (secondary N) is 1. The Morgan fingerprint density at radius 3 is 2.13 bits per heavy atom. The summed E-state index contributed by atoms with van der Waals surface area (Å²) < 4.78 is 42.5. The maximum atomic E-state index is 14.8. The number of rotatable bonds is 5. The van der Waals surface area contributed by atoms with Gasteiger partial charge < -0.3 is 10.2 Å². The number of hydrogen-bond donors (Lipinski definition) is 1. The van der Waals surface area contributed by atoms with E-state index in [4.69, 9.17) is 0 Å². The molecule has 2 aliphatic heterocycles. The van der Waals surface area contributed by atoms with Gasteiger partial charge in [-0.3, -0.25) is 14.5 Å². The molecule has 2 aromatic carbocycles. The molecule has 4 rings (SSSR count). The van der Waals surface area contributed by atoms with E-state index < -0.39 is 17.6 Å². The molecular formula is C30H38F3N3O2. The second kappa shape index (κ2) is 11.1. The summed E-state index contributed by atoms with van der Waals surface area (Å²) in [5.41, 5.74) is 1.94. The highest BCUT2D eigenvalue weighted by Gasteiger charge is 2.44. The molecule has 2 fully saturated rings. The quantitative estimate of drug-likeness (QED) is 0.555. The lowest BCUT2D eigenvalue weighted by Gasteiger charge is -2.36. The Balaban J connectivity index is 1.51. The number of hydrogen-bond acceptors (Lipinski definition) is 3. The van der Waals surface area contributed by atoms with E-state index in [1.54, 1.807) is 6.07 Å². The number of carbonyl (C=O) groups is 2. The van der Waals surface area contributed by atoms with Gasteiger partial charge in [-0.2, -0.15) is 0 Å². The standard InChI is InChI=1S/C30H38F3N3O2/c1-18(34-19(2)37)25-14-21(31)6-8-23(25)20-10-12-35(13-11-20)29(38)27-17-36(30(3,4)5)16-26(27)24-9-7-22(32)15-28(24)33/h6-9,14-15,18,20,26-27H,10-13,16-17H2,1-5H3,(H,34,37)/t18-,26+,27?/m1/s1. The van der Waals surface area contributed by atoms with Gasteiger partial charge in [0.1, 0.15) is 17.5 Å². The zero-order valence-corrected chi connectivity index (χ0v) is 22.9. The minimum Gasteiger partial charge on any atom is -0.350 e. The molecule has 0 aliphatic carbocycles. The highest BCUT2D eigenvalue weighted by atomic mass is 19.1. The molecule has 2 saturated heterocycles. The van der Waals surface area contributed by atoms with Crippen LogP contribution < -0.4 is 5.32 Å². The van der Waals surface area contributed by atoms with Crippen LogP contribution in [0.4, 0.5) is 13.2 Å². The van der Waals surface area contributed by atoms with Crippen LogP contribution in [-0.4, -0.2) is 53.3 Å². The highest BCUT2D eigenvalue weighted by molar-refractivity contribution is 5.81. The lowest BCUT2D eigenvalue weighted by molar-refractivity contribution is -0.136. The molecule has 3 atom stereocenters. The van der Waals surface area contributed by atoms with Crippen LogP contribution in [0.1, 0.15) is 82.0 Å². The summed E-state index contributed by atoms with van der Waals surface area (Å²) in [6.07, 6.45) is 1.42. The van der Waals surface area contributed by atoms with Crippen LogP contribution in [0.3, 0.4) is 0 Å². The largest absolute Gasteiger partial charge is 0.350 e. The Bertz CT molecular complexity index is 1190. The average Bonchev–Trinajstić information content (AvgIpc) is 3.29. The fourth-order valence-corrected chi connectivity index (χ4v) is 6.04. The fraction of sp³-hybridized carbons (Fsp3) is 0.533. The van der Waals surface area contributed by atoms with Crippen molar-refractivity contribution in [3.63, 3.8) is 0 Å². The summed E-state index contributed by atoms with van der Waals surface area (Å²) in [6, 6.07) is 8.01. The third-order valence-corrected chi connectivity index (χ3v) is 8.13. The van der Waals surface area contributed by atoms with Gasteiger partial charge in [0, 0.05) is 50.6 Å². The van der Waals surface area contributed by atoms with E-state index in [0.717, 1.165) is 17.2 Å². The fourth-order valence-electron chi connectivity index (χ4n) is 6.04. The predicted octanol–water partition coefficient (Wildman–Crippen LogP) is 5.52. The molecule has 2 aliphatic rings. The molecule has 206 valence electrons. The van der Waals surface area contributed by atoms with Crippen LogP contribution >= 0.6 is 0 Å². The number of piperidine rings is 1. The molecule has 2 aromatic rings. The number of nitrogens with zero attached hydrogens (tertiary/aromatic N) is 2. The lowest BCUT2D eigenvalue weighted by atomic mass is 9.83. The number of benzene rings is 2. The van der Waals surface area contributed by atoms with Crippen LogP contribution in [0, 0.1) is 23.4 Å². The van der Waals surface area contributed by atoms with E-state index in [2.05, 4.69) is 31.0 Å². The normalized spacial score (nSPS) is 21.9. The van der Waals surface area contributed by atoms with Crippen LogP contribution in [0.25, 0.3) is 0 Å². The van der Waals surface area contributed by atoms with Gasteiger partial charge >= 0.3 is 0 Å². The minimum absolute atomic E-state index is 0.00475. The minimum atomic E-state index is -0.630. The van der Waals surface area contributed by atoms with Gasteiger partial charge in [-0.15, -0.1) is 0 Å². The van der Waals surface area contributed by atoms with Crippen molar-refractivity contribution in [3.05, 3.63) is 70.5 Å². The van der Waals surface area contributed by atoms with Crippen molar-refractivity contribution in [2.75, 3.05) is 26.2 Å². The number of likely N-dealkylation sites (tertiary alicyclic amines) is 2. The summed E-state index contributed by atoms with van der Waals surface area (Å²) in [7, 11) is 0. The van der Waals surface area contributed by atoms with Gasteiger partial charge in [0.2, 0.25) is 11.8 Å². The van der Waals surface area contributed by atoms with Gasteiger partial charge in [0.25, 0.3) is 0 Å². The summed E-state index contributed by atoms with van der Waals surface area (Å²) in [5, 5.41) is 2.85. The molecule has 38 heavy (non-hydrogen) atoms. The Hall–Kier alpha value is -2.87. The van der Waals surface area contributed by atoms with Crippen LogP contribution in [0.5, 0.6) is 0 Å². The van der Waals surface area contributed by atoms with E-state index in [1.165, 1.54) is 31.2 Å². The van der Waals surface area contributed by atoms with Crippen LogP contribution in [-0.2, 0) is 9.59 Å². The Morgan fingerprint density at radius 1 is 0.947 bits per heavy atom. The molecule has 0 radical (unpaired) electrons. The van der Waals surface area contributed by atoms with Crippen molar-refractivity contribution in [1.29, 1.82) is 0 Å². The van der Waals surface area contributed by atoms with E-state index >= 15 is 0 Å². The van der Waals surface area contributed by atoms with E-state index in [0.29, 0.717) is 44.6 Å². The smallest absolute Gasteiger partial charge is 0.227 e. The van der Waals surface area contributed by atoms with Gasteiger partial charge in [-0.25, -0.2) is 13.2 Å². The van der Waals surface area contributed by atoms with Crippen molar-refractivity contribution >= 4 is 11.8 Å². The Kier molecular flexibility index (Phi) is 8.21. The first-order chi connectivity index (χ1) is 17.8. The van der Waals surface area contributed by atoms with E-state index in [1.807, 2.05) is 11.8 Å². The molecule has 8 heteroatoms. The summed E-state index contributed by atoms with van der Waals surface area (Å²) in [4.78, 5) is 29.5. The molecule has 1 N–H and O–H groups in total. The third kappa shape index (κ3) is 6.06. The topological polar surface area (TPSA) is 52.7 Å². The van der Waals surface area contributed by atoms with Gasteiger partial charge in [0.05, 0.1) is 12.0 Å². The molecular weight excluding hydrogens is 491 g/mol. The van der Waals surface area contributed by atoms with Crippen molar-refractivity contribution in [1.82, 2.24) is 15.1 Å². The number of amides is 2. The molecule has 0 bridgehead atoms. The van der Waals surface area contributed by atoms with Gasteiger partial charge in [-0.05, 0) is 81.3 Å². The molecule has 0 spiro atoms. The average molecular weight is 530 g/mol. The molecule has 2 heterocycles. The first kappa shape index (κ1) is 28.1. The highest BCUT2D eigenvalue weighted by Crippen LogP contribution is 2.40. The zero-order valence-electron chi connectivity index (χ0n) is 22.9. The molecule has 5 nitrogen and oxygen atoms in total. The number of carbonyl (C=O) groups excluding carboxylic acids is 2. The van der Waals surface area contributed by atoms with Gasteiger partial charge in [-0.1, -0.05) is 12.1 Å². The first-order valence-electron chi connectivity index (χ1n) is 13.4. The van der Waals surface area contributed by atoms with E-state index in [9.17, 15) is 22.8 Å². The second-order valence-electron chi connectivity index (χ2n) is 11.7. The zero-order chi connectivity index (χ0) is 27.8. The Morgan fingerprint density at radius 2 is 1.55 bits per heavy atom. The number of halogens is 3. The summed E-state index contributed by atoms with van der Waals surface area (Å²) in [5.74, 6) is -2.43. The van der Waals surface area contributed by atoms with E-state index in [-0.39, 0.29) is 41.0 Å². The third-order valence-electron chi connectivity index (χ3n) is 8.13. The predicted molar refractivity (Wildman–Crippen MR) is 141 cm³/mol. The monoisotopic (exact) mass is 529 g/mol. The summed E-state index contributed by atoms with van der Waals surface area (Å²) >= 11 is 0. The molecule has 1 unspecified atom stereocenters. The van der Waals surface area contributed by atoms with Crippen molar-refractivity contribution in [2.45, 2.75) is 70.9 Å². The lowest BCUT2D eigenvalue weighted by Crippen LogP contribution is -2.44. The summed E-state index contributed by atoms with van der Waals surface area (Å²) in [6.45, 7) is 11.6. The first-order valence-corrected chi connectivity index (χ1v) is 13.4. The van der Waals surface area contributed by atoms with Crippen molar-refractivity contribution in [3.8, 4) is 0 Å². The maximum absolute atomic E-state index is 14.8. The molecule has 0 aromatic heterocycles. The second-order valence-corrected chi connectivity index (χ2v) is 11.7.